The Morgan fingerprint density at radius 3 is 2.56 bits per heavy atom. The van der Waals surface area contributed by atoms with Crippen molar-refractivity contribution < 1.29 is 9.84 Å². The highest BCUT2D eigenvalue weighted by Crippen LogP contribution is 2.31. The van der Waals surface area contributed by atoms with Crippen molar-refractivity contribution in [3.8, 4) is 5.69 Å². The van der Waals surface area contributed by atoms with E-state index >= 15 is 0 Å². The van der Waals surface area contributed by atoms with E-state index in [1.165, 1.54) is 0 Å². The summed E-state index contributed by atoms with van der Waals surface area (Å²) in [6, 6.07) is 10.3. The number of aliphatic hydroxyl groups is 1. The summed E-state index contributed by atoms with van der Waals surface area (Å²) in [4.78, 5) is 7.29. The van der Waals surface area contributed by atoms with Crippen LogP contribution < -0.4 is 0 Å². The lowest BCUT2D eigenvalue weighted by Crippen LogP contribution is -2.35. The van der Waals surface area contributed by atoms with Crippen LogP contribution in [0.4, 0.5) is 0 Å². The van der Waals surface area contributed by atoms with Crippen LogP contribution in [0, 0.1) is 0 Å². The minimum atomic E-state index is 0.233. The number of hydrogen-bond acceptors (Lipinski definition) is 5. The van der Waals surface area contributed by atoms with Gasteiger partial charge in [0.15, 0.2) is 5.82 Å². The van der Waals surface area contributed by atoms with Gasteiger partial charge in [-0.15, -0.1) is 0 Å². The molecule has 1 aromatic heterocycles. The van der Waals surface area contributed by atoms with Crippen LogP contribution in [0.1, 0.15) is 42.7 Å². The molecule has 0 aliphatic carbocycles. The first kappa shape index (κ1) is 16.7. The van der Waals surface area contributed by atoms with E-state index in [4.69, 9.17) is 19.9 Å². The molecular formula is C19H26N4O2. The summed E-state index contributed by atoms with van der Waals surface area (Å²) < 4.78 is 7.57. The summed E-state index contributed by atoms with van der Waals surface area (Å²) in [5.74, 6) is 2.74. The van der Waals surface area contributed by atoms with Crippen LogP contribution >= 0.6 is 0 Å². The van der Waals surface area contributed by atoms with Gasteiger partial charge in [0, 0.05) is 25.0 Å². The van der Waals surface area contributed by atoms with Gasteiger partial charge < -0.3 is 14.7 Å². The molecule has 6 nitrogen and oxygen atoms in total. The number of hydrogen-bond donors (Lipinski definition) is 1. The summed E-state index contributed by atoms with van der Waals surface area (Å²) >= 11 is 0. The molecule has 6 heteroatoms. The van der Waals surface area contributed by atoms with Crippen LogP contribution in [0.25, 0.3) is 5.69 Å². The van der Waals surface area contributed by atoms with Gasteiger partial charge in [0.1, 0.15) is 5.82 Å². The molecule has 0 bridgehead atoms. The van der Waals surface area contributed by atoms with E-state index in [-0.39, 0.29) is 6.61 Å². The van der Waals surface area contributed by atoms with E-state index < -0.39 is 0 Å². The topological polar surface area (TPSA) is 63.4 Å². The van der Waals surface area contributed by atoms with Crippen LogP contribution in [-0.2, 0) is 4.74 Å². The largest absolute Gasteiger partial charge is 0.395 e. The molecule has 2 aliphatic rings. The van der Waals surface area contributed by atoms with Crippen LogP contribution in [0.3, 0.4) is 0 Å². The molecule has 4 rings (SSSR count). The average Bonchev–Trinajstić information content (AvgIpc) is 3.33. The van der Waals surface area contributed by atoms with Gasteiger partial charge in [-0.3, -0.25) is 0 Å². The highest BCUT2D eigenvalue weighted by Gasteiger charge is 2.29. The Kier molecular flexibility index (Phi) is 5.10. The standard InChI is InChI=1S/C19H26N4O2/c24-12-11-22-9-6-15(7-10-22)19-20-18(16-8-13-25-14-16)21-23(19)17-4-2-1-3-5-17/h1-5,15-16,24H,6-14H2. The fourth-order valence-corrected chi connectivity index (χ4v) is 3.83. The van der Waals surface area contributed by atoms with E-state index in [1.54, 1.807) is 0 Å². The van der Waals surface area contributed by atoms with Gasteiger partial charge in [-0.05, 0) is 44.5 Å². The highest BCUT2D eigenvalue weighted by molar-refractivity contribution is 5.32. The number of likely N-dealkylation sites (tertiary alicyclic amines) is 1. The van der Waals surface area contributed by atoms with E-state index in [0.717, 1.165) is 69.4 Å². The third kappa shape index (κ3) is 3.61. The lowest BCUT2D eigenvalue weighted by molar-refractivity contribution is 0.162. The summed E-state index contributed by atoms with van der Waals surface area (Å²) in [6.07, 6.45) is 3.13. The van der Waals surface area contributed by atoms with Crippen molar-refractivity contribution in [2.24, 2.45) is 0 Å². The van der Waals surface area contributed by atoms with Gasteiger partial charge in [0.05, 0.1) is 18.9 Å². The Labute approximate surface area is 148 Å². The van der Waals surface area contributed by atoms with Crippen molar-refractivity contribution in [2.45, 2.75) is 31.1 Å². The molecule has 1 unspecified atom stereocenters. The Hall–Kier alpha value is -1.76. The lowest BCUT2D eigenvalue weighted by Gasteiger charge is -2.30. The second-order valence-electron chi connectivity index (χ2n) is 6.98. The third-order valence-corrected chi connectivity index (χ3v) is 5.31. The van der Waals surface area contributed by atoms with Crippen LogP contribution in [-0.4, -0.2) is 64.2 Å². The molecule has 1 atom stereocenters. The number of benzene rings is 1. The van der Waals surface area contributed by atoms with Crippen molar-refractivity contribution in [2.75, 3.05) is 39.5 Å². The lowest BCUT2D eigenvalue weighted by atomic mass is 9.95. The van der Waals surface area contributed by atoms with Crippen LogP contribution in [0.2, 0.25) is 0 Å². The molecule has 3 heterocycles. The van der Waals surface area contributed by atoms with Gasteiger partial charge in [0.2, 0.25) is 0 Å². The molecule has 2 fully saturated rings. The third-order valence-electron chi connectivity index (χ3n) is 5.31. The number of piperidine rings is 1. The summed E-state index contributed by atoms with van der Waals surface area (Å²) in [6.45, 7) is 4.55. The van der Waals surface area contributed by atoms with Crippen molar-refractivity contribution in [1.29, 1.82) is 0 Å². The molecule has 134 valence electrons. The molecule has 1 aromatic carbocycles. The quantitative estimate of drug-likeness (QED) is 0.900. The fraction of sp³-hybridized carbons (Fsp3) is 0.579. The number of aliphatic hydroxyl groups excluding tert-OH is 1. The molecule has 2 aliphatic heterocycles. The molecule has 2 aromatic rings. The number of β-amino-alcohol motifs (C(OH)–C–C–N with tert-alkyl or cyclic N) is 1. The minimum absolute atomic E-state index is 0.233. The molecule has 0 saturated carbocycles. The predicted molar refractivity (Wildman–Crippen MR) is 95.0 cm³/mol. The van der Waals surface area contributed by atoms with E-state index in [2.05, 4.69) is 17.0 Å². The highest BCUT2D eigenvalue weighted by atomic mass is 16.5. The normalized spacial score (nSPS) is 22.5. The van der Waals surface area contributed by atoms with Crippen molar-refractivity contribution in [3.63, 3.8) is 0 Å². The number of nitrogens with zero attached hydrogens (tertiary/aromatic N) is 4. The Balaban J connectivity index is 1.61. The first-order valence-electron chi connectivity index (χ1n) is 9.28. The number of ether oxygens (including phenoxy) is 1. The second-order valence-corrected chi connectivity index (χ2v) is 6.98. The van der Waals surface area contributed by atoms with Gasteiger partial charge in [-0.25, -0.2) is 9.67 Å². The van der Waals surface area contributed by atoms with Gasteiger partial charge >= 0.3 is 0 Å². The number of aromatic nitrogens is 3. The summed E-state index contributed by atoms with van der Waals surface area (Å²) in [5.41, 5.74) is 1.08. The minimum Gasteiger partial charge on any atom is -0.395 e. The number of para-hydroxylation sites is 1. The van der Waals surface area contributed by atoms with Gasteiger partial charge in [-0.2, -0.15) is 5.10 Å². The monoisotopic (exact) mass is 342 g/mol. The predicted octanol–water partition coefficient (Wildman–Crippen LogP) is 1.94. The van der Waals surface area contributed by atoms with Crippen LogP contribution in [0.5, 0.6) is 0 Å². The smallest absolute Gasteiger partial charge is 0.156 e. The Morgan fingerprint density at radius 2 is 1.88 bits per heavy atom. The zero-order chi connectivity index (χ0) is 17.1. The Morgan fingerprint density at radius 1 is 1.08 bits per heavy atom. The molecule has 0 spiro atoms. The SMILES string of the molecule is OCCN1CCC(c2nc(C3CCOC3)nn2-c2ccccc2)CC1. The molecule has 0 radical (unpaired) electrons. The Bertz CT molecular complexity index is 674. The zero-order valence-electron chi connectivity index (χ0n) is 14.5. The number of rotatable bonds is 5. The zero-order valence-corrected chi connectivity index (χ0v) is 14.5. The van der Waals surface area contributed by atoms with Crippen LogP contribution in [0.15, 0.2) is 30.3 Å². The maximum absolute atomic E-state index is 9.14. The maximum atomic E-state index is 9.14. The maximum Gasteiger partial charge on any atom is 0.156 e. The molecule has 2 saturated heterocycles. The molecule has 0 amide bonds. The summed E-state index contributed by atoms with van der Waals surface area (Å²) in [7, 11) is 0. The first-order chi connectivity index (χ1) is 12.3. The molecular weight excluding hydrogens is 316 g/mol. The van der Waals surface area contributed by atoms with E-state index in [1.807, 2.05) is 22.9 Å². The average molecular weight is 342 g/mol. The van der Waals surface area contributed by atoms with Crippen molar-refractivity contribution in [1.82, 2.24) is 19.7 Å². The van der Waals surface area contributed by atoms with Gasteiger partial charge in [-0.1, -0.05) is 18.2 Å². The van der Waals surface area contributed by atoms with E-state index in [9.17, 15) is 0 Å². The first-order valence-corrected chi connectivity index (χ1v) is 9.28. The molecule has 25 heavy (non-hydrogen) atoms. The fourth-order valence-electron chi connectivity index (χ4n) is 3.83. The summed E-state index contributed by atoms with van der Waals surface area (Å²) in [5, 5.41) is 14.0. The van der Waals surface area contributed by atoms with Crippen molar-refractivity contribution in [3.05, 3.63) is 42.0 Å². The molecule has 1 N–H and O–H groups in total. The van der Waals surface area contributed by atoms with Crippen molar-refractivity contribution >= 4 is 0 Å². The van der Waals surface area contributed by atoms with Gasteiger partial charge in [0.25, 0.3) is 0 Å². The van der Waals surface area contributed by atoms with E-state index in [0.29, 0.717) is 11.8 Å². The second kappa shape index (κ2) is 7.64.